The quantitative estimate of drug-likeness (QED) is 0.143. The van der Waals surface area contributed by atoms with E-state index in [-0.39, 0.29) is 11.6 Å². The third-order valence-corrected chi connectivity index (χ3v) is 22.4. The predicted octanol–water partition coefficient (Wildman–Crippen LogP) is 11.1. The van der Waals surface area contributed by atoms with Gasteiger partial charge in [-0.05, 0) is 236 Å². The van der Waals surface area contributed by atoms with E-state index in [4.69, 9.17) is 0 Å². The number of carbonyl (C=O) groups is 2. The molecule has 11 saturated carbocycles. The van der Waals surface area contributed by atoms with Crippen LogP contribution in [0.3, 0.4) is 0 Å². The molecule has 266 valence electrons. The van der Waals surface area contributed by atoms with Crippen LogP contribution in [0, 0.1) is 118 Å². The number of rotatable bonds is 0. The summed E-state index contributed by atoms with van der Waals surface area (Å²) in [6.45, 7) is 0. The Labute approximate surface area is 336 Å². The average molecular weight is 841 g/mol. The second-order valence-corrected chi connectivity index (χ2v) is 23.2. The molecule has 0 heterocycles. The fraction of sp³-hybridized carbons (Fsp3) is 0.451. The summed E-state index contributed by atoms with van der Waals surface area (Å²) in [7, 11) is 0. The van der Waals surface area contributed by atoms with E-state index in [9.17, 15) is 9.59 Å². The van der Waals surface area contributed by atoms with Gasteiger partial charge in [-0.25, -0.2) is 0 Å². The van der Waals surface area contributed by atoms with E-state index in [1.807, 2.05) is 12.1 Å². The highest BCUT2D eigenvalue weighted by Crippen LogP contribution is 2.97. The van der Waals surface area contributed by atoms with Gasteiger partial charge in [0, 0.05) is 31.2 Å². The molecule has 0 saturated heterocycles. The van der Waals surface area contributed by atoms with Crippen molar-refractivity contribution in [3.8, 4) is 33.4 Å². The number of hydrogen-bond acceptors (Lipinski definition) is 2. The smallest absolute Gasteiger partial charge is 0.194 e. The third kappa shape index (κ3) is 2.52. The van der Waals surface area contributed by atoms with Gasteiger partial charge in [-0.3, -0.25) is 9.59 Å². The maximum absolute atomic E-state index is 13.9. The first-order valence-corrected chi connectivity index (χ1v) is 23.4. The molecule has 20 unspecified atom stereocenters. The molecule has 4 aromatic rings. The summed E-state index contributed by atoms with van der Waals surface area (Å²) in [5.41, 5.74) is 15.5. The zero-order valence-corrected chi connectivity index (χ0v) is 33.2. The van der Waals surface area contributed by atoms with Gasteiger partial charge in [-0.2, -0.15) is 0 Å². The molecule has 18 rings (SSSR count). The standard InChI is InChI=1S/C51H36Br2O2/c52-14-1-3-16-20-9-24-22(11-28(20)50(54)26(16)7-14)23-12-29-21(17-4-2-15(53)8-27(17)51(29)55)10-25(23)32(24)30-13-31-33(30)37-36(31)40-41(37)45-44(40)48-46-42-38-34-18-5-6-19(18)35(34)39(38)43(42)47(46)49(45)48/h1-4,7-12,18-19,31,33-49H,5-6,13H2. The molecule has 0 aliphatic heterocycles. The minimum Gasteiger partial charge on any atom is -0.289 e. The van der Waals surface area contributed by atoms with Crippen molar-refractivity contribution in [2.24, 2.45) is 118 Å². The minimum atomic E-state index is 0.112. The number of hydrogen-bond donors (Lipinski definition) is 0. The molecule has 55 heavy (non-hydrogen) atoms. The van der Waals surface area contributed by atoms with Gasteiger partial charge in [-0.1, -0.05) is 49.6 Å². The van der Waals surface area contributed by atoms with Crippen molar-refractivity contribution in [3.05, 3.63) is 109 Å². The first kappa shape index (κ1) is 28.3. The average Bonchev–Trinajstić information content (AvgIpc) is 3.70. The number of carbonyl (C=O) groups excluding carboxylic acids is 2. The van der Waals surface area contributed by atoms with Crippen LogP contribution in [-0.2, 0) is 0 Å². The Balaban J connectivity index is 0.748. The van der Waals surface area contributed by atoms with Crippen molar-refractivity contribution in [1.82, 2.24) is 0 Å². The van der Waals surface area contributed by atoms with Crippen molar-refractivity contribution in [3.63, 3.8) is 0 Å². The predicted molar refractivity (Wildman–Crippen MR) is 215 cm³/mol. The Hall–Kier alpha value is -3.08. The van der Waals surface area contributed by atoms with Crippen molar-refractivity contribution in [2.75, 3.05) is 0 Å². The SMILES string of the molecule is O=C1c2cc(Br)ccc2-c2cc3c(cc21)-c1cc2c(cc1C3=C1CC3C1C1C3C3C1C1C3C3C4C5C6C7C8CCC8C7C6C5C4C13)-c1ccc(Br)cc1C2=O. The molecular formula is C51H36Br2O2. The highest BCUT2D eigenvalue weighted by atomic mass is 79.9. The largest absolute Gasteiger partial charge is 0.289 e. The summed E-state index contributed by atoms with van der Waals surface area (Å²) in [6, 6.07) is 21.5. The Morgan fingerprint density at radius 3 is 1.18 bits per heavy atom. The number of allylic oxidation sites excluding steroid dienone is 1. The second kappa shape index (κ2) is 8.26. The number of halogens is 2. The van der Waals surface area contributed by atoms with E-state index < -0.39 is 0 Å². The van der Waals surface area contributed by atoms with Crippen LogP contribution in [0.5, 0.6) is 0 Å². The van der Waals surface area contributed by atoms with Crippen molar-refractivity contribution >= 4 is 49.0 Å². The lowest BCUT2D eigenvalue weighted by Gasteiger charge is -2.97. The normalized spacial score (nSPS) is 49.4. The molecule has 4 heteroatoms. The van der Waals surface area contributed by atoms with E-state index in [1.54, 1.807) is 18.4 Å². The molecule has 0 bridgehead atoms. The summed E-state index contributed by atoms with van der Waals surface area (Å²) >= 11 is 7.25. The molecule has 20 atom stereocenters. The maximum Gasteiger partial charge on any atom is 0.194 e. The highest BCUT2D eigenvalue weighted by molar-refractivity contribution is 9.10. The van der Waals surface area contributed by atoms with Gasteiger partial charge in [0.15, 0.2) is 11.6 Å². The van der Waals surface area contributed by atoms with E-state index in [0.717, 1.165) is 130 Å². The van der Waals surface area contributed by atoms with Gasteiger partial charge < -0.3 is 0 Å². The zero-order valence-electron chi connectivity index (χ0n) is 30.0. The van der Waals surface area contributed by atoms with E-state index >= 15 is 0 Å². The summed E-state index contributed by atoms with van der Waals surface area (Å²) < 4.78 is 1.88. The van der Waals surface area contributed by atoms with E-state index in [1.165, 1.54) is 76.4 Å². The minimum absolute atomic E-state index is 0.112. The Kier molecular flexibility index (Phi) is 4.26. The zero-order chi connectivity index (χ0) is 35.1. The van der Waals surface area contributed by atoms with Crippen molar-refractivity contribution < 1.29 is 9.59 Å². The highest BCUT2D eigenvalue weighted by Gasteiger charge is 2.93. The van der Waals surface area contributed by atoms with Crippen molar-refractivity contribution in [1.29, 1.82) is 0 Å². The number of fused-ring (bicyclic) bond motifs is 37. The van der Waals surface area contributed by atoms with Crippen molar-refractivity contribution in [2.45, 2.75) is 19.3 Å². The van der Waals surface area contributed by atoms with E-state index in [0.29, 0.717) is 0 Å². The first-order chi connectivity index (χ1) is 27.0. The lowest BCUT2D eigenvalue weighted by atomic mass is 9.07. The van der Waals surface area contributed by atoms with Crippen LogP contribution in [0.2, 0.25) is 0 Å². The Bertz CT molecular complexity index is 2700. The molecule has 14 aliphatic carbocycles. The molecule has 0 N–H and O–H groups in total. The van der Waals surface area contributed by atoms with Gasteiger partial charge in [-0.15, -0.1) is 0 Å². The monoisotopic (exact) mass is 838 g/mol. The number of benzene rings is 4. The molecular weight excluding hydrogens is 804 g/mol. The molecule has 2 nitrogen and oxygen atoms in total. The first-order valence-electron chi connectivity index (χ1n) is 21.8. The molecule has 0 spiro atoms. The lowest BCUT2D eigenvalue weighted by molar-refractivity contribution is -0.503. The summed E-state index contributed by atoms with van der Waals surface area (Å²) in [6.07, 6.45) is 4.42. The van der Waals surface area contributed by atoms with Crippen LogP contribution in [0.15, 0.2) is 75.2 Å². The Morgan fingerprint density at radius 2 is 0.727 bits per heavy atom. The second-order valence-electron chi connectivity index (χ2n) is 21.4. The maximum atomic E-state index is 13.9. The third-order valence-electron chi connectivity index (χ3n) is 21.4. The molecule has 0 amide bonds. The molecule has 4 aromatic carbocycles. The molecule has 11 fully saturated rings. The van der Waals surface area contributed by atoms with Crippen LogP contribution in [0.4, 0.5) is 0 Å². The molecule has 0 radical (unpaired) electrons. The fourth-order valence-electron chi connectivity index (χ4n) is 20.0. The van der Waals surface area contributed by atoms with Crippen LogP contribution < -0.4 is 0 Å². The fourth-order valence-corrected chi connectivity index (χ4v) is 20.7. The summed E-state index contributed by atoms with van der Waals surface area (Å²) in [5, 5.41) is 0. The van der Waals surface area contributed by atoms with Crippen LogP contribution in [-0.4, -0.2) is 11.6 Å². The summed E-state index contributed by atoms with van der Waals surface area (Å²) in [5.74, 6) is 22.2. The van der Waals surface area contributed by atoms with Crippen LogP contribution >= 0.6 is 31.9 Å². The van der Waals surface area contributed by atoms with Gasteiger partial charge in [0.1, 0.15) is 0 Å². The molecule has 14 aliphatic rings. The van der Waals surface area contributed by atoms with Crippen LogP contribution in [0.25, 0.3) is 39.0 Å². The van der Waals surface area contributed by atoms with Crippen LogP contribution in [0.1, 0.15) is 62.2 Å². The number of ketones is 2. The van der Waals surface area contributed by atoms with Gasteiger partial charge in [0.05, 0.1) is 0 Å². The van der Waals surface area contributed by atoms with Gasteiger partial charge >= 0.3 is 0 Å². The molecule has 0 aromatic heterocycles. The summed E-state index contributed by atoms with van der Waals surface area (Å²) in [4.78, 5) is 27.9. The van der Waals surface area contributed by atoms with E-state index in [2.05, 4.69) is 80.4 Å². The topological polar surface area (TPSA) is 34.1 Å². The van der Waals surface area contributed by atoms with Gasteiger partial charge in [0.2, 0.25) is 0 Å². The lowest BCUT2D eigenvalue weighted by Crippen LogP contribution is -2.94. The Morgan fingerprint density at radius 1 is 0.364 bits per heavy atom. The van der Waals surface area contributed by atoms with Gasteiger partial charge in [0.25, 0.3) is 0 Å².